The SMILES string of the molecule is NS(=O)(=O)c1ccc(CNc2nc(-c3ccccn3)nc3scc(-c4ccccc4)c23)s1. The largest absolute Gasteiger partial charge is 0.364 e. The molecule has 0 saturated carbocycles. The molecule has 0 amide bonds. The summed E-state index contributed by atoms with van der Waals surface area (Å²) in [5.74, 6) is 1.19. The number of benzene rings is 1. The molecule has 32 heavy (non-hydrogen) atoms. The first kappa shape index (κ1) is 20.7. The lowest BCUT2D eigenvalue weighted by atomic mass is 10.1. The smallest absolute Gasteiger partial charge is 0.247 e. The van der Waals surface area contributed by atoms with Gasteiger partial charge in [0, 0.05) is 22.0 Å². The molecule has 0 atom stereocenters. The Labute approximate surface area is 192 Å². The Morgan fingerprint density at radius 3 is 2.50 bits per heavy atom. The molecule has 10 heteroatoms. The Kier molecular flexibility index (Phi) is 5.43. The number of sulfonamides is 1. The van der Waals surface area contributed by atoms with Gasteiger partial charge in [-0.05, 0) is 29.8 Å². The Hall–Kier alpha value is -3.18. The number of nitrogens with one attached hydrogen (secondary N) is 1. The summed E-state index contributed by atoms with van der Waals surface area (Å²) in [6.07, 6.45) is 1.71. The molecular formula is C22H17N5O2S3. The monoisotopic (exact) mass is 479 g/mol. The number of thiophene rings is 2. The molecule has 160 valence electrons. The molecule has 0 saturated heterocycles. The highest BCUT2D eigenvalue weighted by Gasteiger charge is 2.17. The summed E-state index contributed by atoms with van der Waals surface area (Å²) in [4.78, 5) is 15.6. The second-order valence-electron chi connectivity index (χ2n) is 6.93. The first-order chi connectivity index (χ1) is 15.5. The summed E-state index contributed by atoms with van der Waals surface area (Å²) in [7, 11) is -3.72. The standard InChI is InChI=1S/C22H17N5O2S3/c23-32(28,29)18-10-9-15(31-18)12-25-21-19-16(14-6-2-1-3-7-14)13-30-22(19)27-20(26-21)17-8-4-5-11-24-17/h1-11,13H,12H2,(H2,23,28,29)(H,25,26,27). The zero-order valence-corrected chi connectivity index (χ0v) is 19.0. The van der Waals surface area contributed by atoms with Gasteiger partial charge in [0.2, 0.25) is 10.0 Å². The zero-order chi connectivity index (χ0) is 22.1. The second-order valence-corrected chi connectivity index (χ2v) is 10.7. The number of hydrogen-bond acceptors (Lipinski definition) is 8. The van der Waals surface area contributed by atoms with Crippen LogP contribution in [0.4, 0.5) is 5.82 Å². The van der Waals surface area contributed by atoms with Crippen LogP contribution in [-0.2, 0) is 16.6 Å². The van der Waals surface area contributed by atoms with E-state index in [2.05, 4.69) is 27.8 Å². The number of anilines is 1. The average Bonchev–Trinajstić information content (AvgIpc) is 3.46. The number of fused-ring (bicyclic) bond motifs is 1. The van der Waals surface area contributed by atoms with Gasteiger partial charge in [0.25, 0.3) is 0 Å². The van der Waals surface area contributed by atoms with Crippen molar-refractivity contribution in [2.45, 2.75) is 10.8 Å². The van der Waals surface area contributed by atoms with Crippen LogP contribution >= 0.6 is 22.7 Å². The minimum absolute atomic E-state index is 0.136. The van der Waals surface area contributed by atoms with Crippen molar-refractivity contribution in [3.05, 3.63) is 77.1 Å². The Bertz CT molecular complexity index is 1500. The lowest BCUT2D eigenvalue weighted by molar-refractivity contribution is 0.600. The van der Waals surface area contributed by atoms with Crippen molar-refractivity contribution >= 4 is 48.7 Å². The van der Waals surface area contributed by atoms with E-state index in [4.69, 9.17) is 15.1 Å². The first-order valence-electron chi connectivity index (χ1n) is 9.60. The van der Waals surface area contributed by atoms with Gasteiger partial charge >= 0.3 is 0 Å². The van der Waals surface area contributed by atoms with Crippen LogP contribution in [0.2, 0.25) is 0 Å². The quantitative estimate of drug-likeness (QED) is 0.364. The van der Waals surface area contributed by atoms with Crippen LogP contribution < -0.4 is 10.5 Å². The third-order valence-electron chi connectivity index (χ3n) is 4.76. The topological polar surface area (TPSA) is 111 Å². The fourth-order valence-electron chi connectivity index (χ4n) is 3.29. The summed E-state index contributed by atoms with van der Waals surface area (Å²) in [6, 6.07) is 19.0. The highest BCUT2D eigenvalue weighted by Crippen LogP contribution is 2.38. The van der Waals surface area contributed by atoms with Gasteiger partial charge in [-0.3, -0.25) is 4.98 Å². The number of nitrogens with zero attached hydrogens (tertiary/aromatic N) is 3. The number of pyridine rings is 1. The molecule has 5 aromatic rings. The zero-order valence-electron chi connectivity index (χ0n) is 16.6. The van der Waals surface area contributed by atoms with Gasteiger partial charge in [0.15, 0.2) is 5.82 Å². The predicted molar refractivity (Wildman–Crippen MR) is 129 cm³/mol. The van der Waals surface area contributed by atoms with Crippen LogP contribution in [0.1, 0.15) is 4.88 Å². The molecule has 3 N–H and O–H groups in total. The van der Waals surface area contributed by atoms with Gasteiger partial charge in [-0.2, -0.15) is 0 Å². The first-order valence-corrected chi connectivity index (χ1v) is 12.8. The second kappa shape index (κ2) is 8.40. The van der Waals surface area contributed by atoms with E-state index in [-0.39, 0.29) is 4.21 Å². The average molecular weight is 480 g/mol. The van der Waals surface area contributed by atoms with Crippen LogP contribution in [0.3, 0.4) is 0 Å². The van der Waals surface area contributed by atoms with Gasteiger partial charge in [-0.1, -0.05) is 36.4 Å². The molecule has 4 heterocycles. The minimum Gasteiger partial charge on any atom is -0.364 e. The highest BCUT2D eigenvalue weighted by molar-refractivity contribution is 7.91. The summed E-state index contributed by atoms with van der Waals surface area (Å²) in [6.45, 7) is 0.401. The van der Waals surface area contributed by atoms with E-state index in [0.29, 0.717) is 23.9 Å². The molecule has 5 rings (SSSR count). The fraction of sp³-hybridized carbons (Fsp3) is 0.0455. The molecule has 0 fully saturated rings. The molecule has 1 aromatic carbocycles. The van der Waals surface area contributed by atoms with E-state index in [1.807, 2.05) is 36.4 Å². The summed E-state index contributed by atoms with van der Waals surface area (Å²) in [5.41, 5.74) is 2.79. The predicted octanol–water partition coefficient (Wildman–Crippen LogP) is 4.74. The van der Waals surface area contributed by atoms with Gasteiger partial charge < -0.3 is 5.32 Å². The maximum Gasteiger partial charge on any atom is 0.247 e. The number of primary sulfonamides is 1. The summed E-state index contributed by atoms with van der Waals surface area (Å²) >= 11 is 2.69. The van der Waals surface area contributed by atoms with E-state index in [0.717, 1.165) is 37.6 Å². The van der Waals surface area contributed by atoms with Gasteiger partial charge in [0.05, 0.1) is 11.9 Å². The molecular weight excluding hydrogens is 462 g/mol. The van der Waals surface area contributed by atoms with Crippen molar-refractivity contribution in [3.8, 4) is 22.6 Å². The molecule has 0 radical (unpaired) electrons. The fourth-order valence-corrected chi connectivity index (χ4v) is 5.95. The van der Waals surface area contributed by atoms with E-state index in [1.54, 1.807) is 23.6 Å². The maximum atomic E-state index is 11.6. The molecule has 7 nitrogen and oxygen atoms in total. The Morgan fingerprint density at radius 1 is 0.969 bits per heavy atom. The van der Waals surface area contributed by atoms with E-state index in [1.165, 1.54) is 6.07 Å². The molecule has 0 unspecified atom stereocenters. The van der Waals surface area contributed by atoms with Gasteiger partial charge in [0.1, 0.15) is 20.6 Å². The molecule has 0 spiro atoms. The van der Waals surface area contributed by atoms with E-state index >= 15 is 0 Å². The van der Waals surface area contributed by atoms with Crippen molar-refractivity contribution in [1.82, 2.24) is 15.0 Å². The van der Waals surface area contributed by atoms with Crippen molar-refractivity contribution in [2.75, 3.05) is 5.32 Å². The van der Waals surface area contributed by atoms with Crippen molar-refractivity contribution in [2.24, 2.45) is 5.14 Å². The Balaban J connectivity index is 1.59. The number of aromatic nitrogens is 3. The van der Waals surface area contributed by atoms with Crippen molar-refractivity contribution in [3.63, 3.8) is 0 Å². The summed E-state index contributed by atoms with van der Waals surface area (Å²) < 4.78 is 23.3. The van der Waals surface area contributed by atoms with Crippen LogP contribution in [0.15, 0.2) is 76.4 Å². The third-order valence-corrected chi connectivity index (χ3v) is 8.16. The lowest BCUT2D eigenvalue weighted by Crippen LogP contribution is -2.09. The maximum absolute atomic E-state index is 11.6. The van der Waals surface area contributed by atoms with E-state index < -0.39 is 10.0 Å². The van der Waals surface area contributed by atoms with Crippen molar-refractivity contribution < 1.29 is 8.42 Å². The lowest BCUT2D eigenvalue weighted by Gasteiger charge is -2.10. The van der Waals surface area contributed by atoms with Crippen LogP contribution in [0.5, 0.6) is 0 Å². The number of nitrogens with two attached hydrogens (primary N) is 1. The van der Waals surface area contributed by atoms with Crippen LogP contribution in [-0.4, -0.2) is 23.4 Å². The summed E-state index contributed by atoms with van der Waals surface area (Å²) in [5, 5.41) is 11.6. The third kappa shape index (κ3) is 4.13. The molecule has 0 bridgehead atoms. The van der Waals surface area contributed by atoms with Crippen molar-refractivity contribution in [1.29, 1.82) is 0 Å². The van der Waals surface area contributed by atoms with E-state index in [9.17, 15) is 8.42 Å². The molecule has 4 aromatic heterocycles. The molecule has 0 aliphatic heterocycles. The minimum atomic E-state index is -3.72. The molecule has 0 aliphatic carbocycles. The Morgan fingerprint density at radius 2 is 1.78 bits per heavy atom. The van der Waals surface area contributed by atoms with Crippen LogP contribution in [0.25, 0.3) is 32.9 Å². The normalized spacial score (nSPS) is 11.7. The number of hydrogen-bond donors (Lipinski definition) is 2. The van der Waals surface area contributed by atoms with Gasteiger partial charge in [-0.25, -0.2) is 23.5 Å². The number of rotatable bonds is 6. The highest BCUT2D eigenvalue weighted by atomic mass is 32.2. The van der Waals surface area contributed by atoms with Crippen LogP contribution in [0, 0.1) is 0 Å². The van der Waals surface area contributed by atoms with Gasteiger partial charge in [-0.15, -0.1) is 22.7 Å². The molecule has 0 aliphatic rings.